The maximum Gasteiger partial charge on any atom is 0.449 e. The average Bonchev–Trinajstić information content (AvgIpc) is 3.31. The maximum absolute atomic E-state index is 13.4. The quantitative estimate of drug-likeness (QED) is 0.410. The van der Waals surface area contributed by atoms with Crippen LogP contribution in [0, 0.1) is 20.8 Å². The van der Waals surface area contributed by atoms with E-state index in [0.29, 0.717) is 17.1 Å². The molecule has 2 aromatic heterocycles. The minimum absolute atomic E-state index is 0.0990. The van der Waals surface area contributed by atoms with Gasteiger partial charge in [0.05, 0.1) is 33.8 Å². The number of carbonyl (C=O) groups excluding carboxylic acids is 2. The van der Waals surface area contributed by atoms with Crippen LogP contribution >= 0.6 is 0 Å². The van der Waals surface area contributed by atoms with Gasteiger partial charge in [0.25, 0.3) is 5.91 Å². The molecule has 0 aliphatic rings. The van der Waals surface area contributed by atoms with Crippen LogP contribution in [-0.4, -0.2) is 37.8 Å². The highest BCUT2D eigenvalue weighted by Gasteiger charge is 2.38. The molecule has 0 atom stereocenters. The Hall–Kier alpha value is -4.15. The van der Waals surface area contributed by atoms with Gasteiger partial charge in [0.2, 0.25) is 5.82 Å². The van der Waals surface area contributed by atoms with Crippen LogP contribution in [0.4, 0.5) is 18.9 Å². The SMILES string of the molecule is Cc1ccc(-n2nc(C)c(NC(=O)COC(=O)Cn3c(C(F)(F)F)nc4ccccc43)c2C)cc1. The smallest absolute Gasteiger partial charge is 0.449 e. The number of amides is 1. The number of rotatable bonds is 6. The molecule has 1 N–H and O–H groups in total. The molecule has 0 saturated heterocycles. The number of imidazole rings is 1. The number of hydrogen-bond acceptors (Lipinski definition) is 5. The Morgan fingerprint density at radius 1 is 1.03 bits per heavy atom. The van der Waals surface area contributed by atoms with Crippen molar-refractivity contribution in [2.75, 3.05) is 11.9 Å². The fourth-order valence-corrected chi connectivity index (χ4v) is 3.71. The van der Waals surface area contributed by atoms with Gasteiger partial charge in [-0.3, -0.25) is 9.59 Å². The van der Waals surface area contributed by atoms with Gasteiger partial charge in [0.1, 0.15) is 6.54 Å². The summed E-state index contributed by atoms with van der Waals surface area (Å²) in [5, 5.41) is 7.11. The lowest BCUT2D eigenvalue weighted by molar-refractivity contribution is -0.152. The Morgan fingerprint density at radius 2 is 1.71 bits per heavy atom. The van der Waals surface area contributed by atoms with Crippen molar-refractivity contribution in [3.05, 3.63) is 71.3 Å². The molecule has 11 heteroatoms. The lowest BCUT2D eigenvalue weighted by atomic mass is 10.2. The largest absolute Gasteiger partial charge is 0.454 e. The number of alkyl halides is 3. The van der Waals surface area contributed by atoms with Gasteiger partial charge in [0, 0.05) is 0 Å². The zero-order valence-corrected chi connectivity index (χ0v) is 19.2. The Bertz CT molecular complexity index is 1400. The molecule has 0 unspecified atom stereocenters. The molecule has 0 aliphatic carbocycles. The summed E-state index contributed by atoms with van der Waals surface area (Å²) in [5.41, 5.74) is 3.84. The monoisotopic (exact) mass is 485 g/mol. The number of nitrogens with zero attached hydrogens (tertiary/aromatic N) is 4. The Balaban J connectivity index is 1.43. The van der Waals surface area contributed by atoms with Gasteiger partial charge >= 0.3 is 12.1 Å². The zero-order chi connectivity index (χ0) is 25.3. The third-order valence-corrected chi connectivity index (χ3v) is 5.39. The van der Waals surface area contributed by atoms with E-state index in [2.05, 4.69) is 15.4 Å². The number of esters is 1. The van der Waals surface area contributed by atoms with Crippen LogP contribution in [0.2, 0.25) is 0 Å². The van der Waals surface area contributed by atoms with Crippen LogP contribution in [0.25, 0.3) is 16.7 Å². The first kappa shape index (κ1) is 24.0. The summed E-state index contributed by atoms with van der Waals surface area (Å²) < 4.78 is 47.6. The molecule has 8 nitrogen and oxygen atoms in total. The van der Waals surface area contributed by atoms with Gasteiger partial charge in [-0.1, -0.05) is 29.8 Å². The third kappa shape index (κ3) is 5.03. The number of anilines is 1. The number of nitrogens with one attached hydrogen (secondary N) is 1. The van der Waals surface area contributed by atoms with Gasteiger partial charge in [-0.15, -0.1) is 0 Å². The van der Waals surface area contributed by atoms with Crippen molar-refractivity contribution in [3.63, 3.8) is 0 Å². The molecule has 0 radical (unpaired) electrons. The Labute approximate surface area is 198 Å². The molecule has 182 valence electrons. The summed E-state index contributed by atoms with van der Waals surface area (Å²) in [5.74, 6) is -2.85. The molecule has 1 amide bonds. The molecule has 0 aliphatic heterocycles. The van der Waals surface area contributed by atoms with Crippen molar-refractivity contribution in [2.24, 2.45) is 0 Å². The van der Waals surface area contributed by atoms with Crippen LogP contribution in [0.3, 0.4) is 0 Å². The summed E-state index contributed by atoms with van der Waals surface area (Å²) in [6.07, 6.45) is -4.76. The van der Waals surface area contributed by atoms with Crippen molar-refractivity contribution in [3.8, 4) is 5.69 Å². The van der Waals surface area contributed by atoms with Gasteiger partial charge < -0.3 is 14.6 Å². The van der Waals surface area contributed by atoms with E-state index < -0.39 is 37.0 Å². The van der Waals surface area contributed by atoms with Crippen LogP contribution in [0.1, 0.15) is 22.8 Å². The summed E-state index contributed by atoms with van der Waals surface area (Å²) in [6, 6.07) is 13.6. The fourth-order valence-electron chi connectivity index (χ4n) is 3.71. The number of halogens is 3. The first-order valence-corrected chi connectivity index (χ1v) is 10.7. The van der Waals surface area contributed by atoms with Crippen LogP contribution < -0.4 is 5.32 Å². The van der Waals surface area contributed by atoms with E-state index in [9.17, 15) is 22.8 Å². The first-order chi connectivity index (χ1) is 16.5. The van der Waals surface area contributed by atoms with E-state index in [1.54, 1.807) is 30.7 Å². The minimum Gasteiger partial charge on any atom is -0.454 e. The number of hydrogen-bond donors (Lipinski definition) is 1. The highest BCUT2D eigenvalue weighted by molar-refractivity contribution is 5.94. The maximum atomic E-state index is 13.4. The second-order valence-electron chi connectivity index (χ2n) is 8.01. The number of ether oxygens (including phenoxy) is 1. The standard InChI is InChI=1S/C24H22F3N5O3/c1-14-8-10-17(11-9-14)32-16(3)22(15(2)30-32)29-20(33)13-35-21(34)12-31-19-7-5-4-6-18(19)28-23(31)24(25,26)27/h4-11H,12-13H2,1-3H3,(H,29,33). The molecule has 4 rings (SSSR count). The van der Waals surface area contributed by atoms with E-state index in [4.69, 9.17) is 4.74 Å². The number of fused-ring (bicyclic) bond motifs is 1. The van der Waals surface area contributed by atoms with Crippen molar-refractivity contribution in [2.45, 2.75) is 33.5 Å². The second kappa shape index (κ2) is 9.24. The number of para-hydroxylation sites is 2. The lowest BCUT2D eigenvalue weighted by Crippen LogP contribution is -2.25. The van der Waals surface area contributed by atoms with E-state index in [1.165, 1.54) is 12.1 Å². The van der Waals surface area contributed by atoms with E-state index in [0.717, 1.165) is 15.8 Å². The normalized spacial score (nSPS) is 11.6. The fraction of sp³-hybridized carbons (Fsp3) is 0.250. The summed E-state index contributed by atoms with van der Waals surface area (Å²) in [4.78, 5) is 28.3. The molecule has 0 spiro atoms. The van der Waals surface area contributed by atoms with Crippen molar-refractivity contribution < 1.29 is 27.5 Å². The molecule has 0 fully saturated rings. The zero-order valence-electron chi connectivity index (χ0n) is 19.2. The van der Waals surface area contributed by atoms with Crippen LogP contribution in [-0.2, 0) is 27.0 Å². The number of aryl methyl sites for hydroxylation is 2. The van der Waals surface area contributed by atoms with Gasteiger partial charge in [-0.05, 0) is 45.0 Å². The van der Waals surface area contributed by atoms with Gasteiger partial charge in [0.15, 0.2) is 6.61 Å². The third-order valence-electron chi connectivity index (χ3n) is 5.39. The first-order valence-electron chi connectivity index (χ1n) is 10.7. The molecule has 0 saturated carbocycles. The summed E-state index contributed by atoms with van der Waals surface area (Å²) >= 11 is 0. The molecule has 4 aromatic rings. The van der Waals surface area contributed by atoms with E-state index in [-0.39, 0.29) is 11.0 Å². The lowest BCUT2D eigenvalue weighted by Gasteiger charge is -2.11. The molecule has 0 bridgehead atoms. The van der Waals surface area contributed by atoms with E-state index >= 15 is 0 Å². The number of carbonyl (C=O) groups is 2. The number of aromatic nitrogens is 4. The predicted octanol–water partition coefficient (Wildman–Crippen LogP) is 4.35. The summed E-state index contributed by atoms with van der Waals surface area (Å²) in [6.45, 7) is 4.07. The van der Waals surface area contributed by atoms with Gasteiger partial charge in [-0.2, -0.15) is 18.3 Å². The van der Waals surface area contributed by atoms with Crippen molar-refractivity contribution >= 4 is 28.6 Å². The highest BCUT2D eigenvalue weighted by atomic mass is 19.4. The molecule has 35 heavy (non-hydrogen) atoms. The second-order valence-corrected chi connectivity index (χ2v) is 8.01. The highest BCUT2D eigenvalue weighted by Crippen LogP contribution is 2.31. The minimum atomic E-state index is -4.76. The van der Waals surface area contributed by atoms with Gasteiger partial charge in [-0.25, -0.2) is 9.67 Å². The van der Waals surface area contributed by atoms with Crippen LogP contribution in [0.15, 0.2) is 48.5 Å². The van der Waals surface area contributed by atoms with Crippen molar-refractivity contribution in [1.29, 1.82) is 0 Å². The predicted molar refractivity (Wildman–Crippen MR) is 122 cm³/mol. The van der Waals surface area contributed by atoms with E-state index in [1.807, 2.05) is 31.2 Å². The Morgan fingerprint density at radius 3 is 2.40 bits per heavy atom. The average molecular weight is 485 g/mol. The Kier molecular flexibility index (Phi) is 6.33. The molecule has 2 aromatic carbocycles. The van der Waals surface area contributed by atoms with Crippen LogP contribution in [0.5, 0.6) is 0 Å². The van der Waals surface area contributed by atoms with Crippen molar-refractivity contribution in [1.82, 2.24) is 19.3 Å². The summed E-state index contributed by atoms with van der Waals surface area (Å²) in [7, 11) is 0. The number of benzene rings is 2. The topological polar surface area (TPSA) is 91.0 Å². The molecular formula is C24H22F3N5O3. The molecule has 2 heterocycles. The molecular weight excluding hydrogens is 463 g/mol.